The molecule has 2 saturated heterocycles. The third-order valence-corrected chi connectivity index (χ3v) is 7.78. The molecule has 5 heteroatoms. The highest BCUT2D eigenvalue weighted by Crippen LogP contribution is 2.95. The summed E-state index contributed by atoms with van der Waals surface area (Å²) < 4.78 is 6.07. The summed E-state index contributed by atoms with van der Waals surface area (Å²) in [6, 6.07) is 0. The molecule has 3 saturated carbocycles. The summed E-state index contributed by atoms with van der Waals surface area (Å²) in [5.74, 6) is -0.279. The maximum atomic E-state index is 13.2. The quantitative estimate of drug-likeness (QED) is 0.448. The van der Waals surface area contributed by atoms with Gasteiger partial charge in [0, 0.05) is 11.3 Å². The number of rotatable bonds is 2. The lowest BCUT2D eigenvalue weighted by atomic mass is 9.63. The van der Waals surface area contributed by atoms with Crippen molar-refractivity contribution in [1.82, 2.24) is 4.90 Å². The van der Waals surface area contributed by atoms with Gasteiger partial charge in [-0.15, -0.1) is 0 Å². The minimum atomic E-state index is -0.660. The molecular formula is C16H17NO4. The number of ether oxygens (including phenoxy) is 1. The standard InChI is InChI=1S/C16H17NO4/c1-12-3-6-15(12)13(2,21-15)16-8(9(12)16)10(19)17(11(16)20)14(7-18)4-5-14/h3,6,8-9,18H,4-5,7H2,1-2H3. The van der Waals surface area contributed by atoms with E-state index in [0.717, 1.165) is 12.8 Å². The van der Waals surface area contributed by atoms with Gasteiger partial charge in [-0.1, -0.05) is 19.1 Å². The number of piperidine rings is 1. The molecule has 2 amide bonds. The minimum Gasteiger partial charge on any atom is -0.394 e. The number of nitrogens with zero attached hydrogens (tertiary/aromatic N) is 1. The molecular weight excluding hydrogens is 270 g/mol. The van der Waals surface area contributed by atoms with Crippen LogP contribution < -0.4 is 0 Å². The summed E-state index contributed by atoms with van der Waals surface area (Å²) in [7, 11) is 0. The Labute approximate surface area is 121 Å². The monoisotopic (exact) mass is 287 g/mol. The predicted octanol–water partition coefficient (Wildman–Crippen LogP) is 0.230. The molecule has 2 spiro atoms. The molecule has 0 aromatic carbocycles. The van der Waals surface area contributed by atoms with Crippen molar-refractivity contribution in [2.75, 3.05) is 6.61 Å². The highest BCUT2D eigenvalue weighted by Gasteiger charge is 3.06. The van der Waals surface area contributed by atoms with Gasteiger partial charge < -0.3 is 9.84 Å². The van der Waals surface area contributed by atoms with E-state index in [4.69, 9.17) is 4.74 Å². The van der Waals surface area contributed by atoms with Crippen molar-refractivity contribution in [3.05, 3.63) is 12.2 Å². The van der Waals surface area contributed by atoms with Crippen LogP contribution in [0.1, 0.15) is 26.7 Å². The van der Waals surface area contributed by atoms with E-state index in [0.29, 0.717) is 0 Å². The van der Waals surface area contributed by atoms with Gasteiger partial charge in [-0.2, -0.15) is 0 Å². The summed E-state index contributed by atoms with van der Waals surface area (Å²) in [5, 5.41) is 9.61. The number of hydrogen-bond donors (Lipinski definition) is 1. The first-order valence-corrected chi connectivity index (χ1v) is 7.76. The number of likely N-dealkylation sites (tertiary alicyclic amines) is 1. The lowest BCUT2D eigenvalue weighted by Gasteiger charge is -2.39. The van der Waals surface area contributed by atoms with Crippen LogP contribution in [-0.4, -0.2) is 45.2 Å². The van der Waals surface area contributed by atoms with Crippen molar-refractivity contribution in [3.8, 4) is 0 Å². The number of epoxide rings is 1. The third-order valence-electron chi connectivity index (χ3n) is 7.78. The van der Waals surface area contributed by atoms with E-state index in [1.165, 1.54) is 4.90 Å². The second kappa shape index (κ2) is 2.40. The Morgan fingerprint density at radius 3 is 2.57 bits per heavy atom. The van der Waals surface area contributed by atoms with Crippen molar-refractivity contribution in [2.45, 2.75) is 43.4 Å². The molecule has 1 N–H and O–H groups in total. The number of carbonyl (C=O) groups excluding carboxylic acids is 2. The minimum absolute atomic E-state index is 0.0663. The third kappa shape index (κ3) is 0.673. The molecule has 0 aromatic heterocycles. The maximum absolute atomic E-state index is 13.2. The van der Waals surface area contributed by atoms with Crippen molar-refractivity contribution in [2.24, 2.45) is 22.7 Å². The maximum Gasteiger partial charge on any atom is 0.240 e. The number of aliphatic hydroxyl groups excluding tert-OH is 1. The lowest BCUT2D eigenvalue weighted by molar-refractivity contribution is -0.150. The van der Waals surface area contributed by atoms with E-state index < -0.39 is 16.6 Å². The second-order valence-corrected chi connectivity index (χ2v) is 8.17. The lowest BCUT2D eigenvalue weighted by Crippen LogP contribution is -2.50. The van der Waals surface area contributed by atoms with Gasteiger partial charge in [0.05, 0.1) is 23.5 Å². The summed E-state index contributed by atoms with van der Waals surface area (Å²) in [6.45, 7) is 4.01. The predicted molar refractivity (Wildman–Crippen MR) is 69.8 cm³/mol. The molecule has 5 fully saturated rings. The van der Waals surface area contributed by atoms with Crippen LogP contribution >= 0.6 is 0 Å². The molecule has 6 atom stereocenters. The fourth-order valence-electron chi connectivity index (χ4n) is 6.42. The Morgan fingerprint density at radius 2 is 2.05 bits per heavy atom. The number of hydrogen-bond acceptors (Lipinski definition) is 4. The van der Waals surface area contributed by atoms with Crippen molar-refractivity contribution in [3.63, 3.8) is 0 Å². The zero-order chi connectivity index (χ0) is 14.6. The topological polar surface area (TPSA) is 70.1 Å². The highest BCUT2D eigenvalue weighted by molar-refractivity contribution is 6.15. The number of amides is 2. The van der Waals surface area contributed by atoms with Gasteiger partial charge in [0.15, 0.2) is 0 Å². The first-order chi connectivity index (χ1) is 9.86. The van der Waals surface area contributed by atoms with Crippen LogP contribution in [0.4, 0.5) is 0 Å². The summed E-state index contributed by atoms with van der Waals surface area (Å²) in [4.78, 5) is 27.4. The average molecular weight is 287 g/mol. The summed E-state index contributed by atoms with van der Waals surface area (Å²) >= 11 is 0. The first kappa shape index (κ1) is 11.4. The van der Waals surface area contributed by atoms with E-state index in [9.17, 15) is 14.7 Å². The molecule has 6 unspecified atom stereocenters. The molecule has 21 heavy (non-hydrogen) atoms. The Balaban J connectivity index is 1.53. The number of carbonyl (C=O) groups is 2. The fraction of sp³-hybridized carbons (Fsp3) is 0.750. The zero-order valence-electron chi connectivity index (χ0n) is 12.0. The van der Waals surface area contributed by atoms with Crippen LogP contribution in [0.15, 0.2) is 12.2 Å². The molecule has 4 aliphatic carbocycles. The Hall–Kier alpha value is -1.20. The Bertz CT molecular complexity index is 711. The second-order valence-electron chi connectivity index (χ2n) is 8.17. The molecule has 2 aliphatic heterocycles. The molecule has 0 radical (unpaired) electrons. The van der Waals surface area contributed by atoms with Gasteiger partial charge in [-0.05, 0) is 19.8 Å². The van der Waals surface area contributed by atoms with Crippen LogP contribution in [0, 0.1) is 22.7 Å². The van der Waals surface area contributed by atoms with E-state index in [-0.39, 0.29) is 41.3 Å². The van der Waals surface area contributed by atoms with Gasteiger partial charge >= 0.3 is 0 Å². The van der Waals surface area contributed by atoms with Gasteiger partial charge in [-0.3, -0.25) is 14.5 Å². The number of aliphatic hydroxyl groups is 1. The molecule has 6 aliphatic rings. The van der Waals surface area contributed by atoms with Crippen LogP contribution in [-0.2, 0) is 14.3 Å². The molecule has 6 rings (SSSR count). The Kier molecular flexibility index (Phi) is 1.30. The SMILES string of the molecule is CC12C=CC13OC3(C)C13C(=O)N(C4(CO)CC4)C(=O)C1C23. The summed E-state index contributed by atoms with van der Waals surface area (Å²) in [5.41, 5.74) is -2.27. The smallest absolute Gasteiger partial charge is 0.240 e. The normalized spacial score (nSPS) is 62.7. The van der Waals surface area contributed by atoms with Crippen molar-refractivity contribution in [1.29, 1.82) is 0 Å². The Morgan fingerprint density at radius 1 is 1.33 bits per heavy atom. The van der Waals surface area contributed by atoms with Crippen LogP contribution in [0.2, 0.25) is 0 Å². The highest BCUT2D eigenvalue weighted by atomic mass is 16.6. The van der Waals surface area contributed by atoms with Crippen molar-refractivity contribution >= 4 is 11.8 Å². The van der Waals surface area contributed by atoms with Crippen LogP contribution in [0.25, 0.3) is 0 Å². The number of imide groups is 1. The van der Waals surface area contributed by atoms with E-state index >= 15 is 0 Å². The fourth-order valence-corrected chi connectivity index (χ4v) is 6.42. The van der Waals surface area contributed by atoms with Gasteiger partial charge in [-0.25, -0.2) is 0 Å². The molecule has 0 bridgehead atoms. The van der Waals surface area contributed by atoms with Crippen LogP contribution in [0.5, 0.6) is 0 Å². The molecule has 110 valence electrons. The largest absolute Gasteiger partial charge is 0.394 e. The van der Waals surface area contributed by atoms with Crippen molar-refractivity contribution < 1.29 is 19.4 Å². The van der Waals surface area contributed by atoms with Gasteiger partial charge in [0.25, 0.3) is 0 Å². The zero-order valence-corrected chi connectivity index (χ0v) is 12.0. The molecule has 0 aromatic rings. The van der Waals surface area contributed by atoms with Gasteiger partial charge in [0.2, 0.25) is 11.8 Å². The van der Waals surface area contributed by atoms with Crippen LogP contribution in [0.3, 0.4) is 0 Å². The number of fused-ring (bicyclic) bond motifs is 2. The van der Waals surface area contributed by atoms with E-state index in [2.05, 4.69) is 19.1 Å². The first-order valence-electron chi connectivity index (χ1n) is 7.76. The molecule has 5 nitrogen and oxygen atoms in total. The van der Waals surface area contributed by atoms with E-state index in [1.807, 2.05) is 6.92 Å². The summed E-state index contributed by atoms with van der Waals surface area (Å²) in [6.07, 6.45) is 5.66. The average Bonchev–Trinajstić information content (AvgIpc) is 3.31. The molecule has 2 heterocycles. The van der Waals surface area contributed by atoms with E-state index in [1.54, 1.807) is 0 Å². The van der Waals surface area contributed by atoms with Gasteiger partial charge in [0.1, 0.15) is 11.2 Å².